The number of nitrogens with one attached hydrogen (secondary N) is 1. The largest absolute Gasteiger partial charge is 0.490 e. The minimum atomic E-state index is 0. The van der Waals surface area contributed by atoms with Gasteiger partial charge in [0.05, 0.1) is 19.8 Å². The van der Waals surface area contributed by atoms with Crippen LogP contribution in [0.1, 0.15) is 18.9 Å². The first-order chi connectivity index (χ1) is 12.2. The Hall–Kier alpha value is -1.61. The van der Waals surface area contributed by atoms with Crippen molar-refractivity contribution in [2.24, 2.45) is 10.7 Å². The molecular formula is C19H24IN3O2S. The van der Waals surface area contributed by atoms with Crippen molar-refractivity contribution in [2.45, 2.75) is 24.8 Å². The summed E-state index contributed by atoms with van der Waals surface area (Å²) in [5.41, 5.74) is 7.99. The van der Waals surface area contributed by atoms with Crippen molar-refractivity contribution < 1.29 is 9.47 Å². The lowest BCUT2D eigenvalue weighted by Gasteiger charge is -2.11. The van der Waals surface area contributed by atoms with Gasteiger partial charge in [-0.2, -0.15) is 0 Å². The molecule has 0 spiro atoms. The van der Waals surface area contributed by atoms with Crippen LogP contribution in [0.5, 0.6) is 11.5 Å². The number of nitrogens with zero attached hydrogens (tertiary/aromatic N) is 1. The Morgan fingerprint density at radius 1 is 1.15 bits per heavy atom. The lowest BCUT2D eigenvalue weighted by Crippen LogP contribution is -2.22. The van der Waals surface area contributed by atoms with Crippen LogP contribution in [0.2, 0.25) is 0 Å². The van der Waals surface area contributed by atoms with Crippen molar-refractivity contribution in [1.29, 1.82) is 0 Å². The van der Waals surface area contributed by atoms with E-state index in [0.717, 1.165) is 34.9 Å². The highest BCUT2D eigenvalue weighted by molar-refractivity contribution is 14.0. The van der Waals surface area contributed by atoms with E-state index in [-0.39, 0.29) is 24.0 Å². The fourth-order valence-electron chi connectivity index (χ4n) is 2.51. The molecule has 0 unspecified atom stereocenters. The van der Waals surface area contributed by atoms with Crippen molar-refractivity contribution in [3.05, 3.63) is 48.0 Å². The van der Waals surface area contributed by atoms with Crippen LogP contribution in [-0.2, 0) is 6.54 Å². The van der Waals surface area contributed by atoms with Crippen LogP contribution in [0.4, 0.5) is 5.69 Å². The van der Waals surface area contributed by atoms with E-state index >= 15 is 0 Å². The molecule has 26 heavy (non-hydrogen) atoms. The molecule has 2 aromatic rings. The number of hydrogen-bond donors (Lipinski definition) is 2. The van der Waals surface area contributed by atoms with Gasteiger partial charge in [-0.1, -0.05) is 19.1 Å². The van der Waals surface area contributed by atoms with Crippen LogP contribution in [-0.4, -0.2) is 24.9 Å². The van der Waals surface area contributed by atoms with Crippen LogP contribution < -0.4 is 20.5 Å². The van der Waals surface area contributed by atoms with Gasteiger partial charge in [0.25, 0.3) is 0 Å². The molecule has 1 aliphatic heterocycles. The second-order valence-electron chi connectivity index (χ2n) is 5.62. The first-order valence-corrected chi connectivity index (χ1v) is 9.41. The van der Waals surface area contributed by atoms with Crippen molar-refractivity contribution in [2.75, 3.05) is 24.3 Å². The maximum atomic E-state index is 6.02. The highest BCUT2D eigenvalue weighted by Gasteiger charge is 2.10. The van der Waals surface area contributed by atoms with Gasteiger partial charge >= 0.3 is 0 Å². The molecular weight excluding hydrogens is 461 g/mol. The Labute approximate surface area is 175 Å². The zero-order chi connectivity index (χ0) is 17.5. The van der Waals surface area contributed by atoms with Crippen molar-refractivity contribution in [3.8, 4) is 11.5 Å². The predicted octanol–water partition coefficient (Wildman–Crippen LogP) is 4.50. The van der Waals surface area contributed by atoms with Gasteiger partial charge in [-0.25, -0.2) is 4.99 Å². The topological polar surface area (TPSA) is 68.9 Å². The molecule has 0 aromatic heterocycles. The number of nitrogens with two attached hydrogens (primary N) is 1. The molecule has 0 amide bonds. The summed E-state index contributed by atoms with van der Waals surface area (Å²) in [7, 11) is 0. The Morgan fingerprint density at radius 3 is 2.77 bits per heavy atom. The number of aliphatic imine (C=N–C) groups is 1. The van der Waals surface area contributed by atoms with E-state index in [4.69, 9.17) is 15.2 Å². The number of rotatable bonds is 5. The van der Waals surface area contributed by atoms with Gasteiger partial charge in [0.2, 0.25) is 0 Å². The highest BCUT2D eigenvalue weighted by atomic mass is 127. The summed E-state index contributed by atoms with van der Waals surface area (Å²) >= 11 is 1.82. The molecule has 1 heterocycles. The van der Waals surface area contributed by atoms with Crippen LogP contribution in [0.15, 0.2) is 52.4 Å². The Morgan fingerprint density at radius 2 is 1.96 bits per heavy atom. The van der Waals surface area contributed by atoms with Gasteiger partial charge in [-0.3, -0.25) is 0 Å². The minimum absolute atomic E-state index is 0. The third-order valence-electron chi connectivity index (χ3n) is 3.66. The molecule has 0 saturated carbocycles. The number of halogens is 1. The summed E-state index contributed by atoms with van der Waals surface area (Å²) in [6.45, 7) is 4.03. The molecule has 1 aliphatic rings. The lowest BCUT2D eigenvalue weighted by molar-refractivity contribution is 0.297. The molecule has 0 fully saturated rings. The van der Waals surface area contributed by atoms with E-state index in [9.17, 15) is 0 Å². The summed E-state index contributed by atoms with van der Waals surface area (Å²) in [6.07, 6.45) is 0.885. The summed E-state index contributed by atoms with van der Waals surface area (Å²) < 4.78 is 11.3. The van der Waals surface area contributed by atoms with Crippen LogP contribution in [0, 0.1) is 0 Å². The minimum Gasteiger partial charge on any atom is -0.490 e. The van der Waals surface area contributed by atoms with E-state index in [1.165, 1.54) is 4.90 Å². The van der Waals surface area contributed by atoms with E-state index < -0.39 is 0 Å². The first-order valence-electron chi connectivity index (χ1n) is 8.43. The van der Waals surface area contributed by atoms with Gasteiger partial charge in [0.1, 0.15) is 0 Å². The molecule has 0 atom stereocenters. The molecule has 7 heteroatoms. The molecule has 0 saturated heterocycles. The standard InChI is InChI=1S/C19H23N3O2S.HI/c1-2-25-16-6-3-5-14(11-16)13-21-19(20)22-15-7-8-17-18(12-15)24-10-4-9-23-17;/h3,5-8,11-12H,2,4,9-10,13H2,1H3,(H3,20,21,22);1H. The zero-order valence-electron chi connectivity index (χ0n) is 14.7. The fraction of sp³-hybridized carbons (Fsp3) is 0.316. The Kier molecular flexibility index (Phi) is 8.37. The number of benzene rings is 2. The van der Waals surface area contributed by atoms with Gasteiger partial charge in [0, 0.05) is 23.1 Å². The molecule has 3 N–H and O–H groups in total. The van der Waals surface area contributed by atoms with E-state index in [2.05, 4.69) is 41.5 Å². The third kappa shape index (κ3) is 5.98. The number of anilines is 1. The Bertz CT molecular complexity index is 755. The molecule has 0 aliphatic carbocycles. The quantitative estimate of drug-likeness (QED) is 0.283. The predicted molar refractivity (Wildman–Crippen MR) is 119 cm³/mol. The number of hydrogen-bond acceptors (Lipinski definition) is 4. The smallest absolute Gasteiger partial charge is 0.193 e. The lowest BCUT2D eigenvalue weighted by atomic mass is 10.2. The van der Waals surface area contributed by atoms with Gasteiger partial charge in [0.15, 0.2) is 17.5 Å². The Balaban J connectivity index is 0.00000243. The maximum absolute atomic E-state index is 6.02. The first kappa shape index (κ1) is 20.7. The number of fused-ring (bicyclic) bond motifs is 1. The molecule has 2 aromatic carbocycles. The van der Waals surface area contributed by atoms with Crippen molar-refractivity contribution in [3.63, 3.8) is 0 Å². The summed E-state index contributed by atoms with van der Waals surface area (Å²) in [5, 5.41) is 3.11. The monoisotopic (exact) mass is 485 g/mol. The van der Waals surface area contributed by atoms with Crippen LogP contribution in [0.25, 0.3) is 0 Å². The highest BCUT2D eigenvalue weighted by Crippen LogP contribution is 2.32. The van der Waals surface area contributed by atoms with Crippen LogP contribution in [0.3, 0.4) is 0 Å². The fourth-order valence-corrected chi connectivity index (χ4v) is 3.25. The number of thioether (sulfide) groups is 1. The van der Waals surface area contributed by atoms with Crippen molar-refractivity contribution >= 4 is 47.4 Å². The average molecular weight is 485 g/mol. The normalized spacial score (nSPS) is 13.5. The summed E-state index contributed by atoms with van der Waals surface area (Å²) in [4.78, 5) is 5.68. The van der Waals surface area contributed by atoms with Crippen LogP contribution >= 0.6 is 35.7 Å². The molecule has 0 bridgehead atoms. The molecule has 5 nitrogen and oxygen atoms in total. The second kappa shape index (κ2) is 10.5. The molecule has 140 valence electrons. The number of ether oxygens (including phenoxy) is 2. The molecule has 3 rings (SSSR count). The summed E-state index contributed by atoms with van der Waals surface area (Å²) in [6, 6.07) is 14.1. The van der Waals surface area contributed by atoms with Gasteiger partial charge in [-0.15, -0.1) is 35.7 Å². The van der Waals surface area contributed by atoms with E-state index in [1.54, 1.807) is 0 Å². The number of guanidine groups is 1. The zero-order valence-corrected chi connectivity index (χ0v) is 17.9. The van der Waals surface area contributed by atoms with E-state index in [0.29, 0.717) is 25.7 Å². The third-order valence-corrected chi connectivity index (χ3v) is 4.54. The SMILES string of the molecule is CCSc1cccc(CN=C(N)Nc2ccc3c(c2)OCCCO3)c1.I. The average Bonchev–Trinajstić information content (AvgIpc) is 2.86. The molecule has 0 radical (unpaired) electrons. The van der Waals surface area contributed by atoms with Crippen molar-refractivity contribution in [1.82, 2.24) is 0 Å². The van der Waals surface area contributed by atoms with E-state index in [1.807, 2.05) is 30.0 Å². The second-order valence-corrected chi connectivity index (χ2v) is 6.96. The van der Waals surface area contributed by atoms with Gasteiger partial charge < -0.3 is 20.5 Å². The van der Waals surface area contributed by atoms with Gasteiger partial charge in [-0.05, 0) is 35.6 Å². The summed E-state index contributed by atoms with van der Waals surface area (Å²) in [5.74, 6) is 2.94. The maximum Gasteiger partial charge on any atom is 0.193 e.